The molecular formula is C14H27NS. The van der Waals surface area contributed by atoms with Gasteiger partial charge >= 0.3 is 0 Å². The second-order valence-electron chi connectivity index (χ2n) is 5.74. The first kappa shape index (κ1) is 12.8. The lowest BCUT2D eigenvalue weighted by molar-refractivity contribution is 0.460. The molecule has 2 rings (SSSR count). The molecule has 0 aromatic carbocycles. The summed E-state index contributed by atoms with van der Waals surface area (Å²) in [5, 5.41) is 0.934. The Bertz CT molecular complexity index is 183. The molecule has 2 aliphatic carbocycles. The Labute approximate surface area is 105 Å². The van der Waals surface area contributed by atoms with Gasteiger partial charge in [0.15, 0.2) is 0 Å². The van der Waals surface area contributed by atoms with Crippen molar-refractivity contribution in [2.75, 3.05) is 5.75 Å². The third kappa shape index (κ3) is 4.29. The first-order chi connectivity index (χ1) is 7.84. The molecule has 0 aromatic rings. The van der Waals surface area contributed by atoms with Crippen molar-refractivity contribution >= 4 is 11.8 Å². The molecule has 0 heterocycles. The van der Waals surface area contributed by atoms with Crippen LogP contribution in [0.25, 0.3) is 0 Å². The lowest BCUT2D eigenvalue weighted by Gasteiger charge is -2.23. The smallest absolute Gasteiger partial charge is 0.0133 e. The lowest BCUT2D eigenvalue weighted by Crippen LogP contribution is -2.27. The van der Waals surface area contributed by atoms with E-state index in [4.69, 9.17) is 5.73 Å². The maximum absolute atomic E-state index is 6.25. The lowest BCUT2D eigenvalue weighted by atomic mass is 10.00. The summed E-state index contributed by atoms with van der Waals surface area (Å²) in [6.45, 7) is 0. The summed E-state index contributed by atoms with van der Waals surface area (Å²) in [7, 11) is 0. The Morgan fingerprint density at radius 2 is 1.56 bits per heavy atom. The second kappa shape index (κ2) is 6.90. The van der Waals surface area contributed by atoms with Crippen molar-refractivity contribution in [3.05, 3.63) is 0 Å². The van der Waals surface area contributed by atoms with Crippen molar-refractivity contribution in [2.45, 2.75) is 75.5 Å². The van der Waals surface area contributed by atoms with Crippen LogP contribution in [0, 0.1) is 5.92 Å². The Hall–Kier alpha value is 0.310. The fourth-order valence-corrected chi connectivity index (χ4v) is 4.56. The van der Waals surface area contributed by atoms with Gasteiger partial charge in [-0.2, -0.15) is 11.8 Å². The van der Waals surface area contributed by atoms with E-state index >= 15 is 0 Å². The third-order valence-electron chi connectivity index (χ3n) is 4.21. The van der Waals surface area contributed by atoms with Crippen LogP contribution in [0.3, 0.4) is 0 Å². The quantitative estimate of drug-likeness (QED) is 0.788. The van der Waals surface area contributed by atoms with Crippen LogP contribution < -0.4 is 5.73 Å². The number of nitrogens with two attached hydrogens (primary N) is 1. The average Bonchev–Trinajstić information content (AvgIpc) is 2.81. The fourth-order valence-electron chi connectivity index (χ4n) is 3.23. The highest BCUT2D eigenvalue weighted by Gasteiger charge is 2.20. The van der Waals surface area contributed by atoms with E-state index in [1.54, 1.807) is 0 Å². The Morgan fingerprint density at radius 1 is 0.938 bits per heavy atom. The van der Waals surface area contributed by atoms with E-state index in [2.05, 4.69) is 11.8 Å². The highest BCUT2D eigenvalue weighted by molar-refractivity contribution is 7.99. The largest absolute Gasteiger partial charge is 0.327 e. The molecule has 0 aromatic heterocycles. The molecule has 2 heteroatoms. The zero-order valence-corrected chi connectivity index (χ0v) is 11.3. The van der Waals surface area contributed by atoms with Gasteiger partial charge in [-0.05, 0) is 25.2 Å². The van der Waals surface area contributed by atoms with E-state index in [0.29, 0.717) is 6.04 Å². The summed E-state index contributed by atoms with van der Waals surface area (Å²) < 4.78 is 0. The molecule has 0 amide bonds. The zero-order chi connectivity index (χ0) is 11.2. The van der Waals surface area contributed by atoms with Gasteiger partial charge in [0.1, 0.15) is 0 Å². The van der Waals surface area contributed by atoms with Gasteiger partial charge < -0.3 is 5.73 Å². The minimum Gasteiger partial charge on any atom is -0.327 e. The van der Waals surface area contributed by atoms with Crippen molar-refractivity contribution in [3.63, 3.8) is 0 Å². The third-order valence-corrected chi connectivity index (χ3v) is 5.77. The van der Waals surface area contributed by atoms with Crippen molar-refractivity contribution in [1.29, 1.82) is 0 Å². The Morgan fingerprint density at radius 3 is 2.25 bits per heavy atom. The fraction of sp³-hybridized carbons (Fsp3) is 1.00. The van der Waals surface area contributed by atoms with Gasteiger partial charge in [0, 0.05) is 17.0 Å². The summed E-state index contributed by atoms with van der Waals surface area (Å²) in [6.07, 6.45) is 14.3. The molecular weight excluding hydrogens is 214 g/mol. The van der Waals surface area contributed by atoms with Gasteiger partial charge in [0.25, 0.3) is 0 Å². The molecule has 1 atom stereocenters. The van der Waals surface area contributed by atoms with Gasteiger partial charge in [-0.1, -0.05) is 44.9 Å². The van der Waals surface area contributed by atoms with E-state index in [1.807, 2.05) is 0 Å². The van der Waals surface area contributed by atoms with Crippen LogP contribution in [-0.2, 0) is 0 Å². The van der Waals surface area contributed by atoms with Crippen molar-refractivity contribution < 1.29 is 0 Å². The standard InChI is InChI=1S/C14H27NS/c15-13(10-12-6-4-5-7-12)11-16-14-8-2-1-3-9-14/h12-14H,1-11,15H2. The number of thioether (sulfide) groups is 1. The van der Waals surface area contributed by atoms with Crippen LogP contribution in [0.15, 0.2) is 0 Å². The molecule has 0 spiro atoms. The first-order valence-corrected chi connectivity index (χ1v) is 8.26. The Kier molecular flexibility index (Phi) is 5.51. The average molecular weight is 241 g/mol. The maximum Gasteiger partial charge on any atom is 0.0133 e. The summed E-state index contributed by atoms with van der Waals surface area (Å²) in [4.78, 5) is 0. The molecule has 2 saturated carbocycles. The van der Waals surface area contributed by atoms with Crippen LogP contribution >= 0.6 is 11.8 Å². The molecule has 2 aliphatic rings. The number of rotatable bonds is 5. The predicted octanol–water partition coefficient (Wildman–Crippen LogP) is 3.96. The number of hydrogen-bond donors (Lipinski definition) is 1. The topological polar surface area (TPSA) is 26.0 Å². The van der Waals surface area contributed by atoms with Gasteiger partial charge in [-0.3, -0.25) is 0 Å². The molecule has 16 heavy (non-hydrogen) atoms. The van der Waals surface area contributed by atoms with Gasteiger partial charge in [0.2, 0.25) is 0 Å². The van der Waals surface area contributed by atoms with Crippen LogP contribution in [0.4, 0.5) is 0 Å². The van der Waals surface area contributed by atoms with E-state index in [1.165, 1.54) is 70.0 Å². The first-order valence-electron chi connectivity index (χ1n) is 7.22. The van der Waals surface area contributed by atoms with Crippen LogP contribution in [0.1, 0.15) is 64.2 Å². The summed E-state index contributed by atoms with van der Waals surface area (Å²) in [5.41, 5.74) is 6.25. The van der Waals surface area contributed by atoms with E-state index in [9.17, 15) is 0 Å². The molecule has 1 unspecified atom stereocenters. The van der Waals surface area contributed by atoms with Crippen molar-refractivity contribution in [3.8, 4) is 0 Å². The van der Waals surface area contributed by atoms with E-state index in [0.717, 1.165) is 11.2 Å². The zero-order valence-electron chi connectivity index (χ0n) is 10.5. The van der Waals surface area contributed by atoms with Gasteiger partial charge in [0.05, 0.1) is 0 Å². The molecule has 0 aliphatic heterocycles. The van der Waals surface area contributed by atoms with E-state index < -0.39 is 0 Å². The molecule has 2 fully saturated rings. The van der Waals surface area contributed by atoms with Crippen LogP contribution in [-0.4, -0.2) is 17.0 Å². The van der Waals surface area contributed by atoms with E-state index in [-0.39, 0.29) is 0 Å². The predicted molar refractivity (Wildman–Crippen MR) is 73.9 cm³/mol. The van der Waals surface area contributed by atoms with Gasteiger partial charge in [-0.25, -0.2) is 0 Å². The molecule has 2 N–H and O–H groups in total. The normalized spacial score (nSPS) is 26.1. The summed E-state index contributed by atoms with van der Waals surface area (Å²) >= 11 is 2.16. The highest BCUT2D eigenvalue weighted by Crippen LogP contribution is 2.31. The minimum absolute atomic E-state index is 0.468. The van der Waals surface area contributed by atoms with Gasteiger partial charge in [-0.15, -0.1) is 0 Å². The SMILES string of the molecule is NC(CSC1CCCCC1)CC1CCCC1. The monoisotopic (exact) mass is 241 g/mol. The summed E-state index contributed by atoms with van der Waals surface area (Å²) in [6, 6.07) is 0.468. The summed E-state index contributed by atoms with van der Waals surface area (Å²) in [5.74, 6) is 2.17. The Balaban J connectivity index is 1.57. The van der Waals surface area contributed by atoms with Crippen LogP contribution in [0.2, 0.25) is 0 Å². The molecule has 1 nitrogen and oxygen atoms in total. The number of hydrogen-bond acceptors (Lipinski definition) is 2. The molecule has 0 saturated heterocycles. The van der Waals surface area contributed by atoms with Crippen molar-refractivity contribution in [1.82, 2.24) is 0 Å². The molecule has 94 valence electrons. The molecule has 0 bridgehead atoms. The second-order valence-corrected chi connectivity index (χ2v) is 7.07. The van der Waals surface area contributed by atoms with Crippen molar-refractivity contribution in [2.24, 2.45) is 11.7 Å². The minimum atomic E-state index is 0.468. The molecule has 0 radical (unpaired) electrons. The maximum atomic E-state index is 6.25. The highest BCUT2D eigenvalue weighted by atomic mass is 32.2. The van der Waals surface area contributed by atoms with Crippen LogP contribution in [0.5, 0.6) is 0 Å².